The van der Waals surface area contributed by atoms with Crippen LogP contribution in [0.1, 0.15) is 24.5 Å². The highest BCUT2D eigenvalue weighted by Crippen LogP contribution is 2.14. The van der Waals surface area contributed by atoms with Gasteiger partial charge in [0.25, 0.3) is 0 Å². The van der Waals surface area contributed by atoms with Crippen LogP contribution in [0.25, 0.3) is 0 Å². The number of esters is 1. The van der Waals surface area contributed by atoms with E-state index in [4.69, 9.17) is 14.2 Å². The summed E-state index contributed by atoms with van der Waals surface area (Å²) < 4.78 is 16.6. The second kappa shape index (κ2) is 11.2. The molecule has 2 aromatic rings. The normalized spacial score (nSPS) is 13.0. The number of carbonyl (C=O) groups excluding carboxylic acids is 2. The summed E-state index contributed by atoms with van der Waals surface area (Å²) in [6.45, 7) is 2.18. The Balaban J connectivity index is 1.95. The number of ether oxygens (including phenoxy) is 3. The highest BCUT2D eigenvalue weighted by molar-refractivity contribution is 5.65. The second-order valence-corrected chi connectivity index (χ2v) is 5.86. The molecule has 0 saturated heterocycles. The molecule has 2 aromatic carbocycles. The Kier molecular flexibility index (Phi) is 8.52. The average Bonchev–Trinajstić information content (AvgIpc) is 2.67. The zero-order valence-corrected chi connectivity index (χ0v) is 14.9. The minimum absolute atomic E-state index is 0.174. The van der Waals surface area contributed by atoms with E-state index in [1.54, 1.807) is 0 Å². The molecule has 0 spiro atoms. The monoisotopic (exact) mass is 356 g/mol. The van der Waals surface area contributed by atoms with Gasteiger partial charge >= 0.3 is 5.97 Å². The number of rotatable bonds is 11. The van der Waals surface area contributed by atoms with Gasteiger partial charge in [-0.25, -0.2) is 0 Å². The maximum Gasteiger partial charge on any atom is 0.302 e. The van der Waals surface area contributed by atoms with Gasteiger partial charge in [0.15, 0.2) is 6.29 Å². The van der Waals surface area contributed by atoms with Crippen molar-refractivity contribution in [2.75, 3.05) is 6.61 Å². The molecule has 2 atom stereocenters. The van der Waals surface area contributed by atoms with E-state index in [-0.39, 0.29) is 12.6 Å². The number of hydrogen-bond donors (Lipinski definition) is 0. The van der Waals surface area contributed by atoms with E-state index >= 15 is 0 Å². The molecule has 0 aliphatic carbocycles. The van der Waals surface area contributed by atoms with E-state index in [9.17, 15) is 9.59 Å². The molecule has 0 aromatic heterocycles. The summed E-state index contributed by atoms with van der Waals surface area (Å²) in [6, 6.07) is 19.3. The maximum absolute atomic E-state index is 11.6. The Bertz CT molecular complexity index is 657. The zero-order chi connectivity index (χ0) is 18.6. The lowest BCUT2D eigenvalue weighted by atomic mass is 10.1. The lowest BCUT2D eigenvalue weighted by Gasteiger charge is -2.24. The molecule has 0 amide bonds. The minimum Gasteiger partial charge on any atom is -0.466 e. The van der Waals surface area contributed by atoms with E-state index in [0.29, 0.717) is 19.6 Å². The van der Waals surface area contributed by atoms with E-state index in [2.05, 4.69) is 0 Å². The summed E-state index contributed by atoms with van der Waals surface area (Å²) in [6.07, 6.45) is -0.123. The lowest BCUT2D eigenvalue weighted by molar-refractivity contribution is -0.145. The van der Waals surface area contributed by atoms with Crippen molar-refractivity contribution in [3.63, 3.8) is 0 Å². The van der Waals surface area contributed by atoms with Crippen molar-refractivity contribution in [2.45, 2.75) is 38.8 Å². The first kappa shape index (κ1) is 19.8. The van der Waals surface area contributed by atoms with Gasteiger partial charge < -0.3 is 19.0 Å². The Morgan fingerprint density at radius 2 is 1.46 bits per heavy atom. The van der Waals surface area contributed by atoms with Gasteiger partial charge in [0.05, 0.1) is 25.9 Å². The molecular formula is C21H24O5. The first-order valence-electron chi connectivity index (χ1n) is 8.58. The minimum atomic E-state index is -0.741. The van der Waals surface area contributed by atoms with Crippen molar-refractivity contribution in [1.82, 2.24) is 0 Å². The fourth-order valence-electron chi connectivity index (χ4n) is 2.44. The summed E-state index contributed by atoms with van der Waals surface area (Å²) in [5.41, 5.74) is 1.97. The van der Waals surface area contributed by atoms with Gasteiger partial charge in [-0.2, -0.15) is 0 Å². The summed E-state index contributed by atoms with van der Waals surface area (Å²) in [4.78, 5) is 22.6. The average molecular weight is 356 g/mol. The molecule has 5 nitrogen and oxygen atoms in total. The van der Waals surface area contributed by atoms with Crippen LogP contribution in [-0.4, -0.2) is 31.1 Å². The van der Waals surface area contributed by atoms with Crippen molar-refractivity contribution in [2.24, 2.45) is 0 Å². The summed E-state index contributed by atoms with van der Waals surface area (Å²) in [7, 11) is 0. The van der Waals surface area contributed by atoms with E-state index < -0.39 is 12.2 Å². The first-order chi connectivity index (χ1) is 12.7. The predicted octanol–water partition coefficient (Wildman–Crippen LogP) is 3.31. The summed E-state index contributed by atoms with van der Waals surface area (Å²) in [5.74, 6) is -0.361. The van der Waals surface area contributed by atoms with Crippen LogP contribution in [0.15, 0.2) is 60.7 Å². The van der Waals surface area contributed by atoms with E-state index in [0.717, 1.165) is 17.4 Å². The SMILES string of the molecule is CC(=O)OCC[C@H](OCc1ccccc1)[C@@H](C=O)OCc1ccccc1. The van der Waals surface area contributed by atoms with Crippen LogP contribution in [-0.2, 0) is 37.0 Å². The highest BCUT2D eigenvalue weighted by atomic mass is 16.6. The number of hydrogen-bond acceptors (Lipinski definition) is 5. The van der Waals surface area contributed by atoms with Crippen molar-refractivity contribution in [3.05, 3.63) is 71.8 Å². The molecule has 2 rings (SSSR count). The van der Waals surface area contributed by atoms with Crippen LogP contribution in [0.3, 0.4) is 0 Å². The molecule has 138 valence electrons. The fraction of sp³-hybridized carbons (Fsp3) is 0.333. The molecule has 26 heavy (non-hydrogen) atoms. The molecular weight excluding hydrogens is 332 g/mol. The molecule has 0 N–H and O–H groups in total. The molecule has 0 heterocycles. The molecule has 0 saturated carbocycles. The van der Waals surface area contributed by atoms with Crippen LogP contribution in [0.4, 0.5) is 0 Å². The van der Waals surface area contributed by atoms with Gasteiger partial charge in [-0.05, 0) is 11.1 Å². The standard InChI is InChI=1S/C21H24O5/c1-17(23)24-13-12-20(25-15-18-8-4-2-5-9-18)21(14-22)26-16-19-10-6-3-7-11-19/h2-11,14,20-21H,12-13,15-16H2,1H3/t20-,21+/m0/s1. The lowest BCUT2D eigenvalue weighted by Crippen LogP contribution is -2.34. The largest absolute Gasteiger partial charge is 0.466 e. The van der Waals surface area contributed by atoms with Crippen molar-refractivity contribution < 1.29 is 23.8 Å². The van der Waals surface area contributed by atoms with Gasteiger partial charge in [-0.1, -0.05) is 60.7 Å². The third-order valence-electron chi connectivity index (χ3n) is 3.80. The molecule has 0 bridgehead atoms. The zero-order valence-electron chi connectivity index (χ0n) is 14.9. The Morgan fingerprint density at radius 1 is 0.923 bits per heavy atom. The van der Waals surface area contributed by atoms with E-state index in [1.807, 2.05) is 60.7 Å². The van der Waals surface area contributed by atoms with Gasteiger partial charge in [-0.3, -0.25) is 4.79 Å². The summed E-state index contributed by atoms with van der Waals surface area (Å²) >= 11 is 0. The maximum atomic E-state index is 11.6. The van der Waals surface area contributed by atoms with Gasteiger partial charge in [0.2, 0.25) is 0 Å². The smallest absolute Gasteiger partial charge is 0.302 e. The van der Waals surface area contributed by atoms with Crippen LogP contribution >= 0.6 is 0 Å². The van der Waals surface area contributed by atoms with Crippen LogP contribution in [0.2, 0.25) is 0 Å². The third-order valence-corrected chi connectivity index (χ3v) is 3.80. The van der Waals surface area contributed by atoms with Crippen molar-refractivity contribution in [3.8, 4) is 0 Å². The number of carbonyl (C=O) groups is 2. The quantitative estimate of drug-likeness (QED) is 0.457. The first-order valence-corrected chi connectivity index (χ1v) is 8.58. The van der Waals surface area contributed by atoms with Crippen molar-refractivity contribution >= 4 is 12.3 Å². The van der Waals surface area contributed by atoms with Gasteiger partial charge in [0.1, 0.15) is 6.10 Å². The molecule has 0 aliphatic rings. The van der Waals surface area contributed by atoms with Crippen LogP contribution < -0.4 is 0 Å². The van der Waals surface area contributed by atoms with Crippen molar-refractivity contribution in [1.29, 1.82) is 0 Å². The number of aldehydes is 1. The van der Waals surface area contributed by atoms with Crippen LogP contribution in [0, 0.1) is 0 Å². The fourth-order valence-corrected chi connectivity index (χ4v) is 2.44. The summed E-state index contributed by atoms with van der Waals surface area (Å²) in [5, 5.41) is 0. The molecule has 5 heteroatoms. The second-order valence-electron chi connectivity index (χ2n) is 5.86. The molecule has 0 unspecified atom stereocenters. The Hall–Kier alpha value is -2.50. The molecule has 0 fully saturated rings. The van der Waals surface area contributed by atoms with E-state index in [1.165, 1.54) is 6.92 Å². The predicted molar refractivity (Wildman–Crippen MR) is 97.4 cm³/mol. The topological polar surface area (TPSA) is 61.8 Å². The van der Waals surface area contributed by atoms with Crippen LogP contribution in [0.5, 0.6) is 0 Å². The van der Waals surface area contributed by atoms with Gasteiger partial charge in [-0.15, -0.1) is 0 Å². The number of benzene rings is 2. The Labute approximate surface area is 153 Å². The molecule has 0 radical (unpaired) electrons. The Morgan fingerprint density at radius 3 is 1.96 bits per heavy atom. The highest BCUT2D eigenvalue weighted by Gasteiger charge is 2.23. The molecule has 0 aliphatic heterocycles. The van der Waals surface area contributed by atoms with Gasteiger partial charge in [0, 0.05) is 13.3 Å². The third kappa shape index (κ3) is 7.17.